The van der Waals surface area contributed by atoms with E-state index in [1.54, 1.807) is 11.3 Å². The van der Waals surface area contributed by atoms with Crippen molar-refractivity contribution in [2.24, 2.45) is 0 Å². The number of nitrogens with zero attached hydrogens (tertiary/aromatic N) is 1. The standard InChI is InChI=1S/C17H21NO2S/c1-11(2)17-18-13(10-21-17)9-20-14-7-6-12-4-3-5-16(19)15(12)8-14/h6-8,10-11,16,19H,3-5,9H2,1-2H3/t16-/m1/s1. The van der Waals surface area contributed by atoms with Gasteiger partial charge in [-0.25, -0.2) is 4.98 Å². The molecule has 1 N–H and O–H groups in total. The van der Waals surface area contributed by atoms with Crippen molar-refractivity contribution < 1.29 is 9.84 Å². The molecular formula is C17H21NO2S. The molecule has 0 unspecified atom stereocenters. The second-order valence-electron chi connectivity index (χ2n) is 5.89. The minimum absolute atomic E-state index is 0.343. The Kier molecular flexibility index (Phi) is 4.27. The zero-order chi connectivity index (χ0) is 14.8. The van der Waals surface area contributed by atoms with Crippen molar-refractivity contribution >= 4 is 11.3 Å². The van der Waals surface area contributed by atoms with Crippen LogP contribution in [-0.2, 0) is 13.0 Å². The smallest absolute Gasteiger partial charge is 0.131 e. The second-order valence-corrected chi connectivity index (χ2v) is 6.78. The number of rotatable bonds is 4. The Morgan fingerprint density at radius 1 is 1.43 bits per heavy atom. The maximum absolute atomic E-state index is 10.1. The van der Waals surface area contributed by atoms with Crippen LogP contribution in [0.15, 0.2) is 23.6 Å². The first-order valence-corrected chi connectivity index (χ1v) is 8.39. The molecule has 1 aromatic carbocycles. The highest BCUT2D eigenvalue weighted by Gasteiger charge is 2.18. The van der Waals surface area contributed by atoms with Crippen LogP contribution in [-0.4, -0.2) is 10.1 Å². The van der Waals surface area contributed by atoms with Gasteiger partial charge in [0.05, 0.1) is 16.8 Å². The van der Waals surface area contributed by atoms with Crippen LogP contribution in [0.2, 0.25) is 0 Å². The van der Waals surface area contributed by atoms with Gasteiger partial charge in [-0.1, -0.05) is 19.9 Å². The third-order valence-electron chi connectivity index (χ3n) is 3.85. The number of hydrogen-bond donors (Lipinski definition) is 1. The average molecular weight is 303 g/mol. The Labute approximate surface area is 129 Å². The van der Waals surface area contributed by atoms with Crippen LogP contribution < -0.4 is 4.74 Å². The molecule has 0 radical (unpaired) electrons. The molecule has 1 heterocycles. The Bertz CT molecular complexity index is 621. The topological polar surface area (TPSA) is 42.4 Å². The lowest BCUT2D eigenvalue weighted by molar-refractivity contribution is 0.156. The molecule has 3 nitrogen and oxygen atoms in total. The zero-order valence-electron chi connectivity index (χ0n) is 12.5. The van der Waals surface area contributed by atoms with Crippen LogP contribution in [0, 0.1) is 0 Å². The molecule has 1 aliphatic carbocycles. The van der Waals surface area contributed by atoms with Gasteiger partial charge in [-0.05, 0) is 42.5 Å². The number of aryl methyl sites for hydroxylation is 1. The molecule has 0 bridgehead atoms. The number of thiazole rings is 1. The maximum Gasteiger partial charge on any atom is 0.131 e. The summed E-state index contributed by atoms with van der Waals surface area (Å²) in [6.07, 6.45) is 2.62. The number of hydrogen-bond acceptors (Lipinski definition) is 4. The summed E-state index contributed by atoms with van der Waals surface area (Å²) in [5.74, 6) is 1.27. The van der Waals surface area contributed by atoms with Gasteiger partial charge in [0.2, 0.25) is 0 Å². The largest absolute Gasteiger partial charge is 0.487 e. The minimum atomic E-state index is -0.343. The molecule has 2 aromatic rings. The number of benzene rings is 1. The summed E-state index contributed by atoms with van der Waals surface area (Å²) < 4.78 is 5.83. The van der Waals surface area contributed by atoms with Crippen molar-refractivity contribution in [1.82, 2.24) is 4.98 Å². The maximum atomic E-state index is 10.1. The summed E-state index contributed by atoms with van der Waals surface area (Å²) in [5, 5.41) is 13.3. The molecule has 0 saturated heterocycles. The molecule has 21 heavy (non-hydrogen) atoms. The quantitative estimate of drug-likeness (QED) is 0.919. The Hall–Kier alpha value is -1.39. The van der Waals surface area contributed by atoms with E-state index in [0.29, 0.717) is 12.5 Å². The monoisotopic (exact) mass is 303 g/mol. The van der Waals surface area contributed by atoms with Gasteiger partial charge in [-0.15, -0.1) is 11.3 Å². The van der Waals surface area contributed by atoms with Crippen LogP contribution >= 0.6 is 11.3 Å². The zero-order valence-corrected chi connectivity index (χ0v) is 13.3. The first kappa shape index (κ1) is 14.5. The number of fused-ring (bicyclic) bond motifs is 1. The van der Waals surface area contributed by atoms with E-state index >= 15 is 0 Å². The minimum Gasteiger partial charge on any atom is -0.487 e. The fourth-order valence-electron chi connectivity index (χ4n) is 2.65. The molecule has 112 valence electrons. The predicted octanol–water partition coefficient (Wildman–Crippen LogP) is 4.22. The van der Waals surface area contributed by atoms with E-state index in [1.165, 1.54) is 5.56 Å². The first-order chi connectivity index (χ1) is 10.1. The summed E-state index contributed by atoms with van der Waals surface area (Å²) in [6.45, 7) is 4.78. The number of aliphatic hydroxyl groups excluding tert-OH is 1. The number of aliphatic hydroxyl groups is 1. The molecule has 0 spiro atoms. The van der Waals surface area contributed by atoms with Crippen molar-refractivity contribution in [3.8, 4) is 5.75 Å². The molecular weight excluding hydrogens is 282 g/mol. The van der Waals surface area contributed by atoms with Crippen molar-refractivity contribution in [2.45, 2.75) is 51.7 Å². The third kappa shape index (κ3) is 3.27. The summed E-state index contributed by atoms with van der Waals surface area (Å²) in [7, 11) is 0. The Morgan fingerprint density at radius 3 is 3.05 bits per heavy atom. The van der Waals surface area contributed by atoms with Gasteiger partial charge < -0.3 is 9.84 Å². The second kappa shape index (κ2) is 6.16. The lowest BCUT2D eigenvalue weighted by Crippen LogP contribution is -2.09. The van der Waals surface area contributed by atoms with Crippen molar-refractivity contribution in [3.63, 3.8) is 0 Å². The molecule has 0 aliphatic heterocycles. The summed E-state index contributed by atoms with van der Waals surface area (Å²) >= 11 is 1.68. The normalized spacial score (nSPS) is 17.8. The molecule has 1 aliphatic rings. The predicted molar refractivity (Wildman–Crippen MR) is 84.9 cm³/mol. The van der Waals surface area contributed by atoms with Gasteiger partial charge in [0.1, 0.15) is 12.4 Å². The first-order valence-electron chi connectivity index (χ1n) is 7.51. The van der Waals surface area contributed by atoms with Crippen LogP contribution in [0.4, 0.5) is 0 Å². The lowest BCUT2D eigenvalue weighted by atomic mass is 9.89. The molecule has 0 saturated carbocycles. The lowest BCUT2D eigenvalue weighted by Gasteiger charge is -2.21. The highest BCUT2D eigenvalue weighted by Crippen LogP contribution is 2.32. The average Bonchev–Trinajstić information content (AvgIpc) is 2.95. The molecule has 1 atom stereocenters. The molecule has 4 heteroatoms. The Balaban J connectivity index is 1.69. The van der Waals surface area contributed by atoms with E-state index in [9.17, 15) is 5.11 Å². The molecule has 3 rings (SSSR count). The van der Waals surface area contributed by atoms with E-state index in [0.717, 1.165) is 41.3 Å². The van der Waals surface area contributed by atoms with E-state index in [4.69, 9.17) is 4.74 Å². The van der Waals surface area contributed by atoms with Crippen molar-refractivity contribution in [1.29, 1.82) is 0 Å². The summed E-state index contributed by atoms with van der Waals surface area (Å²) in [6, 6.07) is 6.05. The third-order valence-corrected chi connectivity index (χ3v) is 5.04. The van der Waals surface area contributed by atoms with Gasteiger partial charge in [0, 0.05) is 11.3 Å². The SMILES string of the molecule is CC(C)c1nc(COc2ccc3c(c2)[C@H](O)CCC3)cs1. The van der Waals surface area contributed by atoms with E-state index < -0.39 is 0 Å². The highest BCUT2D eigenvalue weighted by molar-refractivity contribution is 7.09. The Morgan fingerprint density at radius 2 is 2.29 bits per heavy atom. The number of ether oxygens (including phenoxy) is 1. The number of aromatic nitrogens is 1. The van der Waals surface area contributed by atoms with Crippen LogP contribution in [0.1, 0.15) is 60.5 Å². The fraction of sp³-hybridized carbons (Fsp3) is 0.471. The summed E-state index contributed by atoms with van der Waals surface area (Å²) in [4.78, 5) is 4.57. The molecule has 1 aromatic heterocycles. The molecule has 0 amide bonds. The van der Waals surface area contributed by atoms with Gasteiger partial charge in [-0.3, -0.25) is 0 Å². The summed E-state index contributed by atoms with van der Waals surface area (Å²) in [5.41, 5.74) is 3.25. The van der Waals surface area contributed by atoms with Crippen LogP contribution in [0.25, 0.3) is 0 Å². The van der Waals surface area contributed by atoms with Crippen molar-refractivity contribution in [2.75, 3.05) is 0 Å². The van der Waals surface area contributed by atoms with E-state index in [1.807, 2.05) is 12.1 Å². The molecule has 0 fully saturated rings. The van der Waals surface area contributed by atoms with Gasteiger partial charge in [0.25, 0.3) is 0 Å². The fourth-order valence-corrected chi connectivity index (χ4v) is 3.47. The van der Waals surface area contributed by atoms with Crippen molar-refractivity contribution in [3.05, 3.63) is 45.4 Å². The van der Waals surface area contributed by atoms with E-state index in [-0.39, 0.29) is 6.10 Å². The van der Waals surface area contributed by atoms with Gasteiger partial charge in [0.15, 0.2) is 0 Å². The van der Waals surface area contributed by atoms with Crippen LogP contribution in [0.3, 0.4) is 0 Å². The highest BCUT2D eigenvalue weighted by atomic mass is 32.1. The van der Waals surface area contributed by atoms with Crippen LogP contribution in [0.5, 0.6) is 5.75 Å². The van der Waals surface area contributed by atoms with E-state index in [2.05, 4.69) is 30.3 Å². The van der Waals surface area contributed by atoms with Gasteiger partial charge >= 0.3 is 0 Å². The van der Waals surface area contributed by atoms with Gasteiger partial charge in [-0.2, -0.15) is 0 Å².